The van der Waals surface area contributed by atoms with Crippen molar-refractivity contribution in [3.8, 4) is 0 Å². The lowest BCUT2D eigenvalue weighted by atomic mass is 10.2. The second-order valence-corrected chi connectivity index (χ2v) is 6.64. The van der Waals surface area contributed by atoms with Crippen LogP contribution in [-0.2, 0) is 4.74 Å². The van der Waals surface area contributed by atoms with Crippen molar-refractivity contribution in [1.29, 1.82) is 0 Å². The lowest BCUT2D eigenvalue weighted by Gasteiger charge is -2.13. The van der Waals surface area contributed by atoms with Crippen molar-refractivity contribution in [3.05, 3.63) is 69.8 Å². The summed E-state index contributed by atoms with van der Waals surface area (Å²) in [6, 6.07) is 12.8. The number of aromatic carboxylic acids is 1. The van der Waals surface area contributed by atoms with Gasteiger partial charge in [-0.1, -0.05) is 35.3 Å². The van der Waals surface area contributed by atoms with E-state index < -0.39 is 11.9 Å². The molecule has 0 unspecified atom stereocenters. The molecule has 1 heterocycles. The largest absolute Gasteiger partial charge is 0.478 e. The number of nitrogens with zero attached hydrogens (tertiary/aromatic N) is 2. The van der Waals surface area contributed by atoms with Crippen molar-refractivity contribution < 1.29 is 19.4 Å². The Morgan fingerprint density at radius 2 is 1.71 bits per heavy atom. The topological polar surface area (TPSA) is 113 Å². The van der Waals surface area contributed by atoms with Crippen LogP contribution in [0.4, 0.5) is 23.1 Å². The Labute approximate surface area is 194 Å². The summed E-state index contributed by atoms with van der Waals surface area (Å²) in [4.78, 5) is 31.5. The lowest BCUT2D eigenvalue weighted by molar-refractivity contribution is 0.0526. The van der Waals surface area contributed by atoms with Crippen LogP contribution in [0, 0.1) is 0 Å². The quantitative estimate of drug-likeness (QED) is 0.295. The van der Waals surface area contributed by atoms with Gasteiger partial charge in [0.15, 0.2) is 11.0 Å². The van der Waals surface area contributed by atoms with Crippen molar-refractivity contribution in [2.24, 2.45) is 0 Å². The highest BCUT2D eigenvalue weighted by Gasteiger charge is 2.15. The van der Waals surface area contributed by atoms with Gasteiger partial charge in [0.2, 0.25) is 5.95 Å². The Morgan fingerprint density at radius 3 is 2.35 bits per heavy atom. The van der Waals surface area contributed by atoms with Gasteiger partial charge in [0, 0.05) is 5.69 Å². The van der Waals surface area contributed by atoms with E-state index in [9.17, 15) is 14.7 Å². The van der Waals surface area contributed by atoms with Crippen molar-refractivity contribution in [2.45, 2.75) is 6.92 Å². The molecule has 0 atom stereocenters. The molecule has 0 bridgehead atoms. The van der Waals surface area contributed by atoms with E-state index in [1.165, 1.54) is 6.07 Å². The number of esters is 1. The van der Waals surface area contributed by atoms with Crippen LogP contribution in [0.5, 0.6) is 0 Å². The summed E-state index contributed by atoms with van der Waals surface area (Å²) in [6.07, 6.45) is 0. The first-order valence-corrected chi connectivity index (χ1v) is 9.51. The predicted molar refractivity (Wildman–Crippen MR) is 122 cm³/mol. The van der Waals surface area contributed by atoms with Gasteiger partial charge in [-0.2, -0.15) is 9.97 Å². The maximum Gasteiger partial charge on any atom is 0.338 e. The Hall–Kier alpha value is -3.07. The van der Waals surface area contributed by atoms with Gasteiger partial charge in [-0.05, 0) is 43.3 Å². The number of benzene rings is 2. The third kappa shape index (κ3) is 5.97. The average Bonchev–Trinajstić information content (AvgIpc) is 2.72. The van der Waals surface area contributed by atoms with E-state index in [0.29, 0.717) is 16.9 Å². The molecule has 0 saturated carbocycles. The number of hydrogen-bond donors (Lipinski definition) is 3. The summed E-state index contributed by atoms with van der Waals surface area (Å²) < 4.78 is 4.95. The second kappa shape index (κ2) is 10.8. The third-order valence-electron chi connectivity index (χ3n) is 3.87. The van der Waals surface area contributed by atoms with Gasteiger partial charge in [-0.15, -0.1) is 12.4 Å². The highest BCUT2D eigenvalue weighted by atomic mass is 35.5. The van der Waals surface area contributed by atoms with Crippen molar-refractivity contribution in [1.82, 2.24) is 9.97 Å². The number of carboxylic acids is 1. The van der Waals surface area contributed by atoms with Crippen LogP contribution in [0.3, 0.4) is 0 Å². The van der Waals surface area contributed by atoms with E-state index in [1.54, 1.807) is 49.4 Å². The number of anilines is 4. The number of para-hydroxylation sites is 1. The van der Waals surface area contributed by atoms with Crippen LogP contribution in [0.25, 0.3) is 0 Å². The van der Waals surface area contributed by atoms with Gasteiger partial charge >= 0.3 is 11.9 Å². The number of carboxylic acid groups (broad SMARTS) is 1. The van der Waals surface area contributed by atoms with E-state index >= 15 is 0 Å². The molecule has 11 heteroatoms. The van der Waals surface area contributed by atoms with Crippen molar-refractivity contribution in [2.75, 3.05) is 17.2 Å². The first-order chi connectivity index (χ1) is 14.4. The number of carbonyl (C=O) groups excluding carboxylic acids is 1. The van der Waals surface area contributed by atoms with E-state index in [1.807, 2.05) is 0 Å². The standard InChI is InChI=1S/C20H16Cl2N4O4.ClH/c1-2-30-19(29)11-7-9-12(10-8-11)23-20-25-16(22)15(21)17(26-20)24-14-6-4-3-5-13(14)18(27)28;/h3-10H,2H2,1H3,(H,27,28)(H2,23,24,25,26);1H. The van der Waals surface area contributed by atoms with Crippen LogP contribution in [0.1, 0.15) is 27.6 Å². The number of rotatable bonds is 7. The molecular weight excluding hydrogens is 467 g/mol. The predicted octanol–water partition coefficient (Wildman–Crippen LogP) is 5.57. The van der Waals surface area contributed by atoms with Gasteiger partial charge in [0.05, 0.1) is 23.4 Å². The molecule has 0 aliphatic carbocycles. The molecule has 0 spiro atoms. The molecule has 3 N–H and O–H groups in total. The normalized spacial score (nSPS) is 10.0. The molecule has 1 aromatic heterocycles. The van der Waals surface area contributed by atoms with Gasteiger partial charge < -0.3 is 20.5 Å². The van der Waals surface area contributed by atoms with E-state index in [4.69, 9.17) is 27.9 Å². The zero-order valence-electron chi connectivity index (χ0n) is 16.1. The smallest absolute Gasteiger partial charge is 0.338 e. The SMILES string of the molecule is CCOC(=O)c1ccc(Nc2nc(Cl)c(Cl)c(Nc3ccccc3C(=O)O)n2)cc1.Cl. The maximum absolute atomic E-state index is 11.7. The van der Waals surface area contributed by atoms with Gasteiger partial charge in [0.25, 0.3) is 0 Å². The number of ether oxygens (including phenoxy) is 1. The Morgan fingerprint density at radius 1 is 1.03 bits per heavy atom. The van der Waals surface area contributed by atoms with Crippen LogP contribution in [0.2, 0.25) is 10.2 Å². The number of carbonyl (C=O) groups is 2. The monoisotopic (exact) mass is 482 g/mol. The maximum atomic E-state index is 11.7. The molecule has 0 fully saturated rings. The van der Waals surface area contributed by atoms with E-state index in [-0.39, 0.29) is 46.5 Å². The minimum absolute atomic E-state index is 0. The fourth-order valence-electron chi connectivity index (χ4n) is 2.50. The summed E-state index contributed by atoms with van der Waals surface area (Å²) in [6.45, 7) is 2.02. The molecule has 0 amide bonds. The molecule has 0 aliphatic rings. The zero-order chi connectivity index (χ0) is 21.7. The average molecular weight is 484 g/mol. The van der Waals surface area contributed by atoms with Crippen molar-refractivity contribution in [3.63, 3.8) is 0 Å². The minimum atomic E-state index is -1.10. The summed E-state index contributed by atoms with van der Waals surface area (Å²) in [5.74, 6) is -1.26. The van der Waals surface area contributed by atoms with Crippen LogP contribution in [-0.4, -0.2) is 33.6 Å². The molecule has 3 rings (SSSR count). The van der Waals surface area contributed by atoms with Gasteiger partial charge in [0.1, 0.15) is 5.02 Å². The molecule has 0 radical (unpaired) electrons. The summed E-state index contributed by atoms with van der Waals surface area (Å²) in [5, 5.41) is 15.2. The first-order valence-electron chi connectivity index (χ1n) is 8.75. The van der Waals surface area contributed by atoms with Crippen LogP contribution >= 0.6 is 35.6 Å². The number of aromatic nitrogens is 2. The fraction of sp³-hybridized carbons (Fsp3) is 0.100. The van der Waals surface area contributed by atoms with Gasteiger partial charge in [-0.3, -0.25) is 0 Å². The molecule has 31 heavy (non-hydrogen) atoms. The van der Waals surface area contributed by atoms with E-state index in [0.717, 1.165) is 0 Å². The minimum Gasteiger partial charge on any atom is -0.478 e. The lowest BCUT2D eigenvalue weighted by Crippen LogP contribution is -2.06. The molecule has 162 valence electrons. The Bertz CT molecular complexity index is 1090. The second-order valence-electron chi connectivity index (χ2n) is 5.90. The molecule has 8 nitrogen and oxygen atoms in total. The molecular formula is C20H17Cl3N4O4. The first kappa shape index (κ1) is 24.2. The summed E-state index contributed by atoms with van der Waals surface area (Å²) in [7, 11) is 0. The number of halogens is 3. The fourth-order valence-corrected chi connectivity index (χ4v) is 2.80. The summed E-state index contributed by atoms with van der Waals surface area (Å²) in [5.41, 5.74) is 1.35. The van der Waals surface area contributed by atoms with Gasteiger partial charge in [-0.25, -0.2) is 9.59 Å². The number of hydrogen-bond acceptors (Lipinski definition) is 7. The number of nitrogens with one attached hydrogen (secondary N) is 2. The summed E-state index contributed by atoms with van der Waals surface area (Å²) >= 11 is 12.3. The Kier molecular flexibility index (Phi) is 8.44. The highest BCUT2D eigenvalue weighted by molar-refractivity contribution is 6.42. The molecule has 3 aromatic rings. The highest BCUT2D eigenvalue weighted by Crippen LogP contribution is 2.32. The van der Waals surface area contributed by atoms with Crippen LogP contribution in [0.15, 0.2) is 48.5 Å². The molecule has 2 aromatic carbocycles. The molecule has 0 saturated heterocycles. The van der Waals surface area contributed by atoms with Crippen molar-refractivity contribution >= 4 is 70.7 Å². The zero-order valence-corrected chi connectivity index (χ0v) is 18.4. The Balaban J connectivity index is 0.00000341. The van der Waals surface area contributed by atoms with Crippen LogP contribution < -0.4 is 10.6 Å². The third-order valence-corrected chi connectivity index (χ3v) is 4.60. The molecule has 0 aliphatic heterocycles. The van der Waals surface area contributed by atoms with E-state index in [2.05, 4.69) is 20.6 Å².